The van der Waals surface area contributed by atoms with Gasteiger partial charge in [0.05, 0.1) is 0 Å². The molecule has 2 aromatic carbocycles. The molecule has 0 saturated carbocycles. The Labute approximate surface area is 169 Å². The van der Waals surface area contributed by atoms with Gasteiger partial charge in [0.15, 0.2) is 0 Å². The van der Waals surface area contributed by atoms with Crippen LogP contribution in [0.25, 0.3) is 0 Å². The molecule has 3 N–H and O–H groups in total. The van der Waals surface area contributed by atoms with E-state index in [1.807, 2.05) is 41.3 Å². The van der Waals surface area contributed by atoms with Crippen molar-refractivity contribution in [3.8, 4) is 17.6 Å². The van der Waals surface area contributed by atoms with Crippen LogP contribution in [0.1, 0.15) is 12.8 Å². The lowest BCUT2D eigenvalue weighted by molar-refractivity contribution is -0.123. The predicted octanol–water partition coefficient (Wildman–Crippen LogP) is 3.02. The van der Waals surface area contributed by atoms with E-state index in [2.05, 4.69) is 5.32 Å². The van der Waals surface area contributed by atoms with Gasteiger partial charge in [-0.1, -0.05) is 18.2 Å². The summed E-state index contributed by atoms with van der Waals surface area (Å²) in [4.78, 5) is 25.5. The van der Waals surface area contributed by atoms with E-state index in [-0.39, 0.29) is 17.4 Å². The quantitative estimate of drug-likeness (QED) is 0.582. The summed E-state index contributed by atoms with van der Waals surface area (Å²) in [5, 5.41) is 12.1. The zero-order valence-electron chi connectivity index (χ0n) is 15.9. The first-order valence-corrected chi connectivity index (χ1v) is 9.35. The van der Waals surface area contributed by atoms with Crippen LogP contribution in [0.5, 0.6) is 11.5 Å². The van der Waals surface area contributed by atoms with Gasteiger partial charge in [-0.2, -0.15) is 5.26 Å². The van der Waals surface area contributed by atoms with Crippen molar-refractivity contribution in [2.24, 2.45) is 11.7 Å². The lowest BCUT2D eigenvalue weighted by atomic mass is 9.96. The van der Waals surface area contributed by atoms with E-state index in [1.54, 1.807) is 30.5 Å². The molecule has 7 heteroatoms. The first-order chi connectivity index (χ1) is 14.0. The number of nitrogens with one attached hydrogen (secondary N) is 1. The van der Waals surface area contributed by atoms with Crippen molar-refractivity contribution in [2.75, 3.05) is 18.4 Å². The number of para-hydroxylation sites is 1. The minimum Gasteiger partial charge on any atom is -0.457 e. The molecule has 148 valence electrons. The Bertz CT molecular complexity index is 925. The Hall–Kier alpha value is -3.79. The van der Waals surface area contributed by atoms with Crippen LogP contribution in [-0.2, 0) is 9.59 Å². The van der Waals surface area contributed by atoms with Gasteiger partial charge in [0, 0.05) is 30.9 Å². The molecular weight excluding hydrogens is 368 g/mol. The van der Waals surface area contributed by atoms with Gasteiger partial charge in [0.25, 0.3) is 5.91 Å². The van der Waals surface area contributed by atoms with Crippen LogP contribution in [0.2, 0.25) is 0 Å². The van der Waals surface area contributed by atoms with E-state index in [9.17, 15) is 14.9 Å². The van der Waals surface area contributed by atoms with Gasteiger partial charge in [0.2, 0.25) is 5.91 Å². The van der Waals surface area contributed by atoms with Gasteiger partial charge < -0.3 is 20.7 Å². The molecule has 0 unspecified atom stereocenters. The van der Waals surface area contributed by atoms with E-state index in [1.165, 1.54) is 0 Å². The summed E-state index contributed by atoms with van der Waals surface area (Å²) in [6.07, 6.45) is 2.78. The van der Waals surface area contributed by atoms with Crippen LogP contribution in [0.15, 0.2) is 66.4 Å². The minimum absolute atomic E-state index is 0.00661. The first-order valence-electron chi connectivity index (χ1n) is 9.35. The van der Waals surface area contributed by atoms with E-state index in [4.69, 9.17) is 10.5 Å². The molecule has 0 atom stereocenters. The van der Waals surface area contributed by atoms with Crippen molar-refractivity contribution >= 4 is 17.5 Å². The number of anilines is 1. The molecule has 29 heavy (non-hydrogen) atoms. The standard InChI is InChI=1S/C22H22N4O3/c23-14-17(15-26-12-10-16(11-13-26)21(24)27)22(28)25-18-6-8-20(9-7-18)29-19-4-2-1-3-5-19/h1-9,15-16H,10-13H2,(H2,24,27)(H,25,28)/b17-15-. The van der Waals surface area contributed by atoms with Gasteiger partial charge in [-0.3, -0.25) is 9.59 Å². The number of carbonyl (C=O) groups is 2. The van der Waals surface area contributed by atoms with Crippen molar-refractivity contribution in [3.63, 3.8) is 0 Å². The lowest BCUT2D eigenvalue weighted by Crippen LogP contribution is -2.36. The molecule has 0 bridgehead atoms. The van der Waals surface area contributed by atoms with Gasteiger partial charge >= 0.3 is 0 Å². The average Bonchev–Trinajstić information content (AvgIpc) is 2.74. The molecular formula is C22H22N4O3. The maximum Gasteiger partial charge on any atom is 0.267 e. The van der Waals surface area contributed by atoms with Crippen molar-refractivity contribution in [1.29, 1.82) is 5.26 Å². The number of carbonyl (C=O) groups excluding carboxylic acids is 2. The van der Waals surface area contributed by atoms with Crippen LogP contribution in [0.4, 0.5) is 5.69 Å². The summed E-state index contributed by atoms with van der Waals surface area (Å²) >= 11 is 0. The topological polar surface area (TPSA) is 108 Å². The highest BCUT2D eigenvalue weighted by Crippen LogP contribution is 2.23. The Morgan fingerprint density at radius 3 is 2.28 bits per heavy atom. The molecule has 1 heterocycles. The number of benzene rings is 2. The Kier molecular flexibility index (Phi) is 6.48. The van der Waals surface area contributed by atoms with Crippen LogP contribution >= 0.6 is 0 Å². The van der Waals surface area contributed by atoms with E-state index < -0.39 is 5.91 Å². The van der Waals surface area contributed by atoms with Crippen molar-refractivity contribution in [1.82, 2.24) is 4.90 Å². The second kappa shape index (κ2) is 9.42. The second-order valence-corrected chi connectivity index (χ2v) is 6.76. The molecule has 1 aliphatic heterocycles. The van der Waals surface area contributed by atoms with Gasteiger partial charge in [-0.05, 0) is 49.2 Å². The number of nitrogens with two attached hydrogens (primary N) is 1. The number of amides is 2. The first kappa shape index (κ1) is 20.0. The van der Waals surface area contributed by atoms with E-state index >= 15 is 0 Å². The number of hydrogen-bond donors (Lipinski definition) is 2. The fourth-order valence-electron chi connectivity index (χ4n) is 3.06. The fraction of sp³-hybridized carbons (Fsp3) is 0.227. The molecule has 2 amide bonds. The summed E-state index contributed by atoms with van der Waals surface area (Å²) in [6.45, 7) is 1.16. The van der Waals surface area contributed by atoms with Crippen LogP contribution in [0.3, 0.4) is 0 Å². The molecule has 0 aliphatic carbocycles. The Morgan fingerprint density at radius 1 is 1.07 bits per heavy atom. The molecule has 7 nitrogen and oxygen atoms in total. The predicted molar refractivity (Wildman–Crippen MR) is 109 cm³/mol. The Morgan fingerprint density at radius 2 is 1.69 bits per heavy atom. The average molecular weight is 390 g/mol. The number of nitrogens with zero attached hydrogens (tertiary/aromatic N) is 2. The smallest absolute Gasteiger partial charge is 0.267 e. The minimum atomic E-state index is -0.485. The molecule has 0 aromatic heterocycles. The number of piperidine rings is 1. The monoisotopic (exact) mass is 390 g/mol. The highest BCUT2D eigenvalue weighted by atomic mass is 16.5. The van der Waals surface area contributed by atoms with Gasteiger partial charge in [0.1, 0.15) is 23.1 Å². The molecule has 1 aliphatic rings. The summed E-state index contributed by atoms with van der Waals surface area (Å²) in [5.74, 6) is 0.435. The highest BCUT2D eigenvalue weighted by Gasteiger charge is 2.22. The number of likely N-dealkylation sites (tertiary alicyclic amines) is 1. The third kappa shape index (κ3) is 5.59. The molecule has 1 saturated heterocycles. The third-order valence-electron chi connectivity index (χ3n) is 4.70. The second-order valence-electron chi connectivity index (χ2n) is 6.76. The van der Waals surface area contributed by atoms with Crippen molar-refractivity contribution in [2.45, 2.75) is 12.8 Å². The number of hydrogen-bond acceptors (Lipinski definition) is 5. The summed E-state index contributed by atoms with van der Waals surface area (Å²) in [6, 6.07) is 18.2. The third-order valence-corrected chi connectivity index (χ3v) is 4.70. The highest BCUT2D eigenvalue weighted by molar-refractivity contribution is 6.06. The SMILES string of the molecule is N#C/C(=C/N1CCC(C(N)=O)CC1)C(=O)Nc1ccc(Oc2ccccc2)cc1. The lowest BCUT2D eigenvalue weighted by Gasteiger charge is -2.29. The molecule has 0 radical (unpaired) electrons. The molecule has 3 rings (SSSR count). The summed E-state index contributed by atoms with van der Waals surface area (Å²) in [7, 11) is 0. The fourth-order valence-corrected chi connectivity index (χ4v) is 3.06. The number of nitriles is 1. The molecule has 2 aromatic rings. The zero-order chi connectivity index (χ0) is 20.6. The normalized spacial score (nSPS) is 14.7. The van der Waals surface area contributed by atoms with Crippen LogP contribution < -0.4 is 15.8 Å². The number of ether oxygens (including phenoxy) is 1. The van der Waals surface area contributed by atoms with Crippen LogP contribution in [0, 0.1) is 17.2 Å². The molecule has 0 spiro atoms. The maximum absolute atomic E-state index is 12.4. The largest absolute Gasteiger partial charge is 0.457 e. The summed E-state index contributed by atoms with van der Waals surface area (Å²) in [5.41, 5.74) is 5.90. The van der Waals surface area contributed by atoms with E-state index in [0.29, 0.717) is 37.4 Å². The maximum atomic E-state index is 12.4. The van der Waals surface area contributed by atoms with Crippen molar-refractivity contribution < 1.29 is 14.3 Å². The zero-order valence-corrected chi connectivity index (χ0v) is 15.9. The van der Waals surface area contributed by atoms with Gasteiger partial charge in [-0.25, -0.2) is 0 Å². The Balaban J connectivity index is 1.58. The number of rotatable bonds is 6. The molecule has 1 fully saturated rings. The van der Waals surface area contributed by atoms with Crippen molar-refractivity contribution in [3.05, 3.63) is 66.4 Å². The number of primary amides is 1. The van der Waals surface area contributed by atoms with Gasteiger partial charge in [-0.15, -0.1) is 0 Å². The van der Waals surface area contributed by atoms with E-state index in [0.717, 1.165) is 5.75 Å². The summed E-state index contributed by atoms with van der Waals surface area (Å²) < 4.78 is 5.72. The van der Waals surface area contributed by atoms with Crippen LogP contribution in [-0.4, -0.2) is 29.8 Å².